The number of nitrogens with one attached hydrogen (secondary N) is 1. The number of sulfonamides is 1. The molecule has 1 aliphatic heterocycles. The molecule has 31 heavy (non-hydrogen) atoms. The van der Waals surface area contributed by atoms with Gasteiger partial charge in [-0.1, -0.05) is 24.3 Å². The summed E-state index contributed by atoms with van der Waals surface area (Å²) in [6.07, 6.45) is 3.04. The Balaban J connectivity index is 1.65. The highest BCUT2D eigenvalue weighted by molar-refractivity contribution is 7.92. The van der Waals surface area contributed by atoms with E-state index in [0.717, 1.165) is 23.1 Å². The third kappa shape index (κ3) is 4.61. The molecule has 1 unspecified atom stereocenters. The quantitative estimate of drug-likeness (QED) is 0.632. The van der Waals surface area contributed by atoms with Crippen molar-refractivity contribution in [2.24, 2.45) is 5.10 Å². The number of rotatable bonds is 6. The van der Waals surface area contributed by atoms with Crippen LogP contribution >= 0.6 is 0 Å². The van der Waals surface area contributed by atoms with Gasteiger partial charge in [0, 0.05) is 12.1 Å². The highest BCUT2D eigenvalue weighted by Crippen LogP contribution is 2.35. The highest BCUT2D eigenvalue weighted by atomic mass is 32.2. The molecule has 0 saturated carbocycles. The fourth-order valence-corrected chi connectivity index (χ4v) is 3.98. The van der Waals surface area contributed by atoms with E-state index < -0.39 is 10.0 Å². The lowest BCUT2D eigenvalue weighted by atomic mass is 9.98. The normalized spacial score (nSPS) is 16.1. The monoisotopic (exact) mass is 439 g/mol. The predicted octanol–water partition coefficient (Wildman–Crippen LogP) is 3.65. The maximum absolute atomic E-state index is 13.0. The summed E-state index contributed by atoms with van der Waals surface area (Å²) in [5, 5.41) is 6.02. The second-order valence-corrected chi connectivity index (χ2v) is 8.87. The van der Waals surface area contributed by atoms with Crippen LogP contribution in [0.25, 0.3) is 0 Å². The predicted molar refractivity (Wildman–Crippen MR) is 117 cm³/mol. The van der Waals surface area contributed by atoms with Crippen molar-refractivity contribution >= 4 is 27.3 Å². The van der Waals surface area contributed by atoms with Gasteiger partial charge < -0.3 is 9.15 Å². The van der Waals surface area contributed by atoms with Crippen LogP contribution in [0.3, 0.4) is 0 Å². The first kappa shape index (κ1) is 20.7. The Morgan fingerprint density at radius 1 is 1.13 bits per heavy atom. The van der Waals surface area contributed by atoms with Gasteiger partial charge in [-0.3, -0.25) is 9.52 Å². The Morgan fingerprint density at radius 2 is 1.84 bits per heavy atom. The van der Waals surface area contributed by atoms with E-state index in [4.69, 9.17) is 9.15 Å². The van der Waals surface area contributed by atoms with Crippen molar-refractivity contribution < 1.29 is 22.4 Å². The molecule has 2 aromatic carbocycles. The zero-order valence-corrected chi connectivity index (χ0v) is 17.8. The molecule has 160 valence electrons. The number of ether oxygens (including phenoxy) is 1. The van der Waals surface area contributed by atoms with Gasteiger partial charge in [0.15, 0.2) is 5.76 Å². The molecule has 0 aliphatic carbocycles. The van der Waals surface area contributed by atoms with Crippen LogP contribution in [0.15, 0.2) is 76.4 Å². The van der Waals surface area contributed by atoms with Crippen molar-refractivity contribution in [1.82, 2.24) is 5.01 Å². The maximum Gasteiger partial charge on any atom is 0.310 e. The lowest BCUT2D eigenvalue weighted by molar-refractivity contribution is 0.0678. The maximum atomic E-state index is 13.0. The van der Waals surface area contributed by atoms with Gasteiger partial charge in [0.2, 0.25) is 10.0 Å². The number of carbonyl (C=O) groups excluding carboxylic acids is 1. The Labute approximate surface area is 180 Å². The smallest absolute Gasteiger partial charge is 0.310 e. The van der Waals surface area contributed by atoms with Crippen molar-refractivity contribution in [3.05, 3.63) is 83.8 Å². The van der Waals surface area contributed by atoms with E-state index in [2.05, 4.69) is 9.82 Å². The van der Waals surface area contributed by atoms with Crippen LogP contribution in [-0.4, -0.2) is 38.4 Å². The molecule has 8 nitrogen and oxygen atoms in total. The van der Waals surface area contributed by atoms with Crippen molar-refractivity contribution in [3.8, 4) is 5.75 Å². The zero-order valence-electron chi connectivity index (χ0n) is 17.0. The second-order valence-electron chi connectivity index (χ2n) is 7.12. The first-order valence-corrected chi connectivity index (χ1v) is 11.4. The minimum Gasteiger partial charge on any atom is -0.497 e. The lowest BCUT2D eigenvalue weighted by Gasteiger charge is -2.21. The second kappa shape index (κ2) is 8.27. The number of furan rings is 1. The fraction of sp³-hybridized carbons (Fsp3) is 0.182. The van der Waals surface area contributed by atoms with Gasteiger partial charge in [0.05, 0.1) is 31.4 Å². The molecule has 1 aromatic heterocycles. The molecular weight excluding hydrogens is 418 g/mol. The summed E-state index contributed by atoms with van der Waals surface area (Å²) in [7, 11) is -1.76. The minimum absolute atomic E-state index is 0.205. The van der Waals surface area contributed by atoms with Gasteiger partial charge >= 0.3 is 5.91 Å². The van der Waals surface area contributed by atoms with Gasteiger partial charge in [-0.05, 0) is 47.5 Å². The van der Waals surface area contributed by atoms with Crippen molar-refractivity contribution in [3.63, 3.8) is 0 Å². The van der Waals surface area contributed by atoms with Crippen LogP contribution in [0.1, 0.15) is 34.1 Å². The number of nitrogens with zero attached hydrogens (tertiary/aromatic N) is 2. The molecule has 2 heterocycles. The van der Waals surface area contributed by atoms with E-state index in [1.165, 1.54) is 11.3 Å². The molecule has 0 bridgehead atoms. The number of anilines is 1. The van der Waals surface area contributed by atoms with E-state index in [-0.39, 0.29) is 17.7 Å². The first-order valence-electron chi connectivity index (χ1n) is 9.51. The molecule has 0 spiro atoms. The first-order chi connectivity index (χ1) is 14.8. The van der Waals surface area contributed by atoms with Gasteiger partial charge in [0.1, 0.15) is 5.75 Å². The van der Waals surface area contributed by atoms with Crippen LogP contribution in [0.4, 0.5) is 5.69 Å². The van der Waals surface area contributed by atoms with Crippen LogP contribution in [0, 0.1) is 0 Å². The summed E-state index contributed by atoms with van der Waals surface area (Å²) < 4.78 is 35.8. The molecule has 1 atom stereocenters. The number of amides is 1. The standard InChI is InChI=1S/C22H21N3O5S/c1-29-18-11-7-16(8-12-18)20-14-19(23-25(20)22(26)21-4-3-13-30-21)15-5-9-17(10-6-15)24-31(2,27)28/h3-13,20,24H,14H2,1-2H3. The van der Waals surface area contributed by atoms with Crippen molar-refractivity contribution in [1.29, 1.82) is 0 Å². The molecular formula is C22H21N3O5S. The molecule has 9 heteroatoms. The molecule has 0 saturated heterocycles. The Hall–Kier alpha value is -3.59. The number of benzene rings is 2. The van der Waals surface area contributed by atoms with Crippen LogP contribution in [0.5, 0.6) is 5.75 Å². The minimum atomic E-state index is -3.36. The van der Waals surface area contributed by atoms with E-state index >= 15 is 0 Å². The number of hydrogen-bond donors (Lipinski definition) is 1. The molecule has 1 N–H and O–H groups in total. The highest BCUT2D eigenvalue weighted by Gasteiger charge is 2.34. The number of carbonyl (C=O) groups is 1. The summed E-state index contributed by atoms with van der Waals surface area (Å²) in [4.78, 5) is 13.0. The van der Waals surface area contributed by atoms with E-state index in [1.54, 1.807) is 43.5 Å². The molecule has 0 radical (unpaired) electrons. The fourth-order valence-electron chi connectivity index (χ4n) is 3.42. The number of hydrogen-bond acceptors (Lipinski definition) is 6. The molecule has 4 rings (SSSR count). The van der Waals surface area contributed by atoms with Gasteiger partial charge in [0.25, 0.3) is 0 Å². The van der Waals surface area contributed by atoms with Crippen LogP contribution < -0.4 is 9.46 Å². The molecule has 3 aromatic rings. The Kier molecular flexibility index (Phi) is 5.51. The summed E-state index contributed by atoms with van der Waals surface area (Å²) in [6, 6.07) is 17.3. The third-order valence-electron chi connectivity index (χ3n) is 4.87. The Bertz CT molecular complexity index is 1200. The van der Waals surface area contributed by atoms with Crippen LogP contribution in [-0.2, 0) is 10.0 Å². The summed E-state index contributed by atoms with van der Waals surface area (Å²) >= 11 is 0. The molecule has 1 amide bonds. The van der Waals surface area contributed by atoms with Gasteiger partial charge in [-0.2, -0.15) is 5.10 Å². The third-order valence-corrected chi connectivity index (χ3v) is 5.48. The average Bonchev–Trinajstić information content (AvgIpc) is 3.43. The van der Waals surface area contributed by atoms with Crippen molar-refractivity contribution in [2.45, 2.75) is 12.5 Å². The van der Waals surface area contributed by atoms with Crippen LogP contribution in [0.2, 0.25) is 0 Å². The molecule has 1 aliphatic rings. The Morgan fingerprint density at radius 3 is 2.42 bits per heavy atom. The molecule has 0 fully saturated rings. The number of methoxy groups -OCH3 is 1. The van der Waals surface area contributed by atoms with Crippen molar-refractivity contribution in [2.75, 3.05) is 18.1 Å². The largest absolute Gasteiger partial charge is 0.497 e. The van der Waals surface area contributed by atoms with E-state index in [1.807, 2.05) is 24.3 Å². The van der Waals surface area contributed by atoms with E-state index in [0.29, 0.717) is 17.8 Å². The summed E-state index contributed by atoms with van der Waals surface area (Å²) in [6.45, 7) is 0. The SMILES string of the molecule is COc1ccc(C2CC(c3ccc(NS(C)(=O)=O)cc3)=NN2C(=O)c2ccco2)cc1. The number of hydrazone groups is 1. The zero-order chi connectivity index (χ0) is 22.0. The lowest BCUT2D eigenvalue weighted by Crippen LogP contribution is -2.26. The summed E-state index contributed by atoms with van der Waals surface area (Å²) in [5.74, 6) is 0.591. The topological polar surface area (TPSA) is 101 Å². The van der Waals surface area contributed by atoms with E-state index in [9.17, 15) is 13.2 Å². The van der Waals surface area contributed by atoms with Gasteiger partial charge in [-0.25, -0.2) is 13.4 Å². The average molecular weight is 439 g/mol. The summed E-state index contributed by atoms with van der Waals surface area (Å²) in [5.41, 5.74) is 2.88. The van der Waals surface area contributed by atoms with Gasteiger partial charge in [-0.15, -0.1) is 0 Å².